The molecule has 0 bridgehead atoms. The molecule has 0 fully saturated rings. The number of rotatable bonds is 2. The van der Waals surface area contributed by atoms with Gasteiger partial charge < -0.3 is 0 Å². The van der Waals surface area contributed by atoms with Crippen LogP contribution in [0.5, 0.6) is 0 Å². The van der Waals surface area contributed by atoms with Crippen LogP contribution in [0.3, 0.4) is 0 Å². The van der Waals surface area contributed by atoms with Gasteiger partial charge in [0.2, 0.25) is 0 Å². The van der Waals surface area contributed by atoms with Crippen LogP contribution in [0.1, 0.15) is 0 Å². The molecule has 0 saturated heterocycles. The SMILES string of the molecule is NNC(=O)N=Nc1ccc(-c2ccc3ncsc3c2)cc1. The maximum atomic E-state index is 10.9. The number of aromatic nitrogens is 1. The number of carbonyl (C=O) groups excluding carboxylic acids is 1. The summed E-state index contributed by atoms with van der Waals surface area (Å²) in [5, 5.41) is 7.17. The molecule has 7 heteroatoms. The van der Waals surface area contributed by atoms with Gasteiger partial charge in [-0.3, -0.25) is 5.43 Å². The van der Waals surface area contributed by atoms with Crippen molar-refractivity contribution < 1.29 is 4.79 Å². The quantitative estimate of drug-likeness (QED) is 0.327. The van der Waals surface area contributed by atoms with E-state index in [2.05, 4.69) is 21.3 Å². The summed E-state index contributed by atoms with van der Waals surface area (Å²) in [6, 6.07) is 12.9. The van der Waals surface area contributed by atoms with Gasteiger partial charge in [0.15, 0.2) is 0 Å². The lowest BCUT2D eigenvalue weighted by molar-refractivity contribution is 0.248. The summed E-state index contributed by atoms with van der Waals surface area (Å²) < 4.78 is 1.15. The van der Waals surface area contributed by atoms with E-state index in [0.717, 1.165) is 21.3 Å². The molecule has 104 valence electrons. The molecular formula is C14H11N5OS. The highest BCUT2D eigenvalue weighted by atomic mass is 32.1. The van der Waals surface area contributed by atoms with Crippen LogP contribution >= 0.6 is 11.3 Å². The molecular weight excluding hydrogens is 286 g/mol. The summed E-state index contributed by atoms with van der Waals surface area (Å²) in [5.74, 6) is 4.92. The fourth-order valence-electron chi connectivity index (χ4n) is 1.89. The zero-order valence-electron chi connectivity index (χ0n) is 10.9. The molecule has 21 heavy (non-hydrogen) atoms. The highest BCUT2D eigenvalue weighted by molar-refractivity contribution is 7.16. The standard InChI is InChI=1S/C14H11N5OS/c15-17-14(20)19-18-11-4-1-9(2-5-11)10-3-6-12-13(7-10)21-8-16-12/h1-8H,15H2,(H,17,20). The number of hydrogen-bond acceptors (Lipinski definition) is 5. The minimum absolute atomic E-state index is 0.584. The maximum absolute atomic E-state index is 10.9. The molecule has 3 aromatic rings. The third-order valence-electron chi connectivity index (χ3n) is 2.91. The number of hydrazine groups is 1. The molecule has 2 aromatic carbocycles. The lowest BCUT2D eigenvalue weighted by atomic mass is 10.1. The molecule has 0 radical (unpaired) electrons. The topological polar surface area (TPSA) is 92.7 Å². The molecule has 0 aliphatic heterocycles. The van der Waals surface area contributed by atoms with E-state index in [9.17, 15) is 4.79 Å². The molecule has 0 unspecified atom stereocenters. The number of benzene rings is 2. The van der Waals surface area contributed by atoms with E-state index in [0.29, 0.717) is 5.69 Å². The van der Waals surface area contributed by atoms with E-state index in [-0.39, 0.29) is 0 Å². The van der Waals surface area contributed by atoms with E-state index in [1.54, 1.807) is 23.5 Å². The zero-order valence-corrected chi connectivity index (χ0v) is 11.7. The second-order valence-corrected chi connectivity index (χ2v) is 5.12. The molecule has 0 aliphatic rings. The summed E-state index contributed by atoms with van der Waals surface area (Å²) in [6.07, 6.45) is 0. The summed E-state index contributed by atoms with van der Waals surface area (Å²) in [7, 11) is 0. The van der Waals surface area contributed by atoms with Gasteiger partial charge in [-0.1, -0.05) is 23.3 Å². The molecule has 3 N–H and O–H groups in total. The second-order valence-electron chi connectivity index (χ2n) is 4.23. The van der Waals surface area contributed by atoms with Gasteiger partial charge in [0.1, 0.15) is 0 Å². The Morgan fingerprint density at radius 2 is 1.90 bits per heavy atom. The first-order valence-electron chi connectivity index (χ1n) is 6.12. The third-order valence-corrected chi connectivity index (χ3v) is 3.70. The summed E-state index contributed by atoms with van der Waals surface area (Å²) in [5.41, 5.74) is 7.47. The molecule has 0 atom stereocenters. The van der Waals surface area contributed by atoms with Crippen molar-refractivity contribution in [2.24, 2.45) is 16.1 Å². The number of carbonyl (C=O) groups is 1. The monoisotopic (exact) mass is 297 g/mol. The first-order valence-corrected chi connectivity index (χ1v) is 7.00. The number of nitrogens with zero attached hydrogens (tertiary/aromatic N) is 3. The minimum Gasteiger partial charge on any atom is -0.273 e. The third kappa shape index (κ3) is 2.93. The summed E-state index contributed by atoms with van der Waals surface area (Å²) >= 11 is 1.61. The molecule has 2 amide bonds. The van der Waals surface area contributed by atoms with Crippen molar-refractivity contribution in [1.82, 2.24) is 10.4 Å². The van der Waals surface area contributed by atoms with Crippen molar-refractivity contribution in [3.8, 4) is 11.1 Å². The Balaban J connectivity index is 1.86. The number of fused-ring (bicyclic) bond motifs is 1. The predicted octanol–water partition coefficient (Wildman–Crippen LogP) is 3.63. The zero-order chi connectivity index (χ0) is 14.7. The Kier molecular flexibility index (Phi) is 3.67. The number of urea groups is 1. The van der Waals surface area contributed by atoms with E-state index in [1.165, 1.54) is 0 Å². The lowest BCUT2D eigenvalue weighted by Gasteiger charge is -2.02. The van der Waals surface area contributed by atoms with Crippen LogP contribution in [0.2, 0.25) is 0 Å². The fourth-order valence-corrected chi connectivity index (χ4v) is 2.60. The molecule has 1 heterocycles. The number of nitrogens with two attached hydrogens (primary N) is 1. The van der Waals surface area contributed by atoms with Crippen LogP contribution in [-0.2, 0) is 0 Å². The Labute approximate surface area is 124 Å². The van der Waals surface area contributed by atoms with Crippen molar-refractivity contribution in [3.63, 3.8) is 0 Å². The second kappa shape index (κ2) is 5.78. The molecule has 0 saturated carbocycles. The largest absolute Gasteiger partial charge is 0.373 e. The van der Waals surface area contributed by atoms with E-state index in [1.807, 2.05) is 35.2 Å². The summed E-state index contributed by atoms with van der Waals surface area (Å²) in [6.45, 7) is 0. The number of thiazole rings is 1. The van der Waals surface area contributed by atoms with E-state index < -0.39 is 6.03 Å². The van der Waals surface area contributed by atoms with Gasteiger partial charge >= 0.3 is 6.03 Å². The van der Waals surface area contributed by atoms with Gasteiger partial charge in [-0.2, -0.15) is 0 Å². The van der Waals surface area contributed by atoms with Crippen molar-refractivity contribution >= 4 is 33.3 Å². The van der Waals surface area contributed by atoms with E-state index in [4.69, 9.17) is 5.84 Å². The van der Waals surface area contributed by atoms with Crippen LogP contribution in [-0.4, -0.2) is 11.0 Å². The normalized spacial score (nSPS) is 11.1. The maximum Gasteiger partial charge on any atom is 0.373 e. The van der Waals surface area contributed by atoms with E-state index >= 15 is 0 Å². The number of nitrogens with one attached hydrogen (secondary N) is 1. The molecule has 3 rings (SSSR count). The Hall–Kier alpha value is -2.64. The Bertz CT molecular complexity index is 810. The van der Waals surface area contributed by atoms with Gasteiger partial charge in [0.25, 0.3) is 0 Å². The average molecular weight is 297 g/mol. The smallest absolute Gasteiger partial charge is 0.273 e. The minimum atomic E-state index is -0.685. The molecule has 6 nitrogen and oxygen atoms in total. The highest BCUT2D eigenvalue weighted by Gasteiger charge is 2.02. The van der Waals surface area contributed by atoms with Crippen LogP contribution in [0.4, 0.5) is 10.5 Å². The number of azo groups is 1. The number of amides is 2. The molecule has 0 spiro atoms. The lowest BCUT2D eigenvalue weighted by Crippen LogP contribution is -2.26. The van der Waals surface area contributed by atoms with Gasteiger partial charge in [0.05, 0.1) is 21.4 Å². The van der Waals surface area contributed by atoms with Crippen molar-refractivity contribution in [2.45, 2.75) is 0 Å². The van der Waals surface area contributed by atoms with Gasteiger partial charge in [0, 0.05) is 0 Å². The molecule has 0 aliphatic carbocycles. The van der Waals surface area contributed by atoms with Crippen LogP contribution in [0.25, 0.3) is 21.3 Å². The number of hydrogen-bond donors (Lipinski definition) is 2. The Morgan fingerprint density at radius 3 is 2.67 bits per heavy atom. The fraction of sp³-hybridized carbons (Fsp3) is 0. The first kappa shape index (κ1) is 13.3. The van der Waals surface area contributed by atoms with Crippen LogP contribution in [0, 0.1) is 0 Å². The highest BCUT2D eigenvalue weighted by Crippen LogP contribution is 2.27. The van der Waals surface area contributed by atoms with Gasteiger partial charge in [-0.05, 0) is 35.4 Å². The van der Waals surface area contributed by atoms with Crippen molar-refractivity contribution in [1.29, 1.82) is 0 Å². The Morgan fingerprint density at radius 1 is 1.14 bits per heavy atom. The predicted molar refractivity (Wildman–Crippen MR) is 82.3 cm³/mol. The molecule has 1 aromatic heterocycles. The van der Waals surface area contributed by atoms with Crippen LogP contribution < -0.4 is 11.3 Å². The van der Waals surface area contributed by atoms with Gasteiger partial charge in [-0.25, -0.2) is 15.6 Å². The van der Waals surface area contributed by atoms with Crippen molar-refractivity contribution in [3.05, 3.63) is 48.0 Å². The van der Waals surface area contributed by atoms with Crippen molar-refractivity contribution in [2.75, 3.05) is 0 Å². The van der Waals surface area contributed by atoms with Gasteiger partial charge in [-0.15, -0.1) is 16.5 Å². The average Bonchev–Trinajstić information content (AvgIpc) is 3.00. The summed E-state index contributed by atoms with van der Waals surface area (Å²) in [4.78, 5) is 15.1. The first-order chi connectivity index (χ1) is 10.3. The van der Waals surface area contributed by atoms with Crippen LogP contribution in [0.15, 0.2) is 58.2 Å².